The molecular formula is C19H13F6N3O. The van der Waals surface area contributed by atoms with E-state index in [4.69, 9.17) is 5.73 Å². The molecule has 3 aromatic rings. The zero-order valence-electron chi connectivity index (χ0n) is 14.7. The molecule has 0 radical (unpaired) electrons. The van der Waals surface area contributed by atoms with Crippen molar-refractivity contribution in [1.29, 1.82) is 0 Å². The van der Waals surface area contributed by atoms with Gasteiger partial charge in [0.25, 0.3) is 5.91 Å². The maximum Gasteiger partial charge on any atom is 0.416 e. The molecule has 1 aromatic heterocycles. The number of aryl methyl sites for hydroxylation is 1. The second kappa shape index (κ2) is 6.94. The van der Waals surface area contributed by atoms with Gasteiger partial charge in [-0.05, 0) is 49.4 Å². The first-order valence-corrected chi connectivity index (χ1v) is 8.12. The van der Waals surface area contributed by atoms with Gasteiger partial charge in [0.05, 0.1) is 16.6 Å². The predicted octanol–water partition coefficient (Wildman–Crippen LogP) is 5.42. The number of hydrogen-bond donors (Lipinski definition) is 2. The van der Waals surface area contributed by atoms with Crippen molar-refractivity contribution in [2.45, 2.75) is 19.3 Å². The third-order valence-corrected chi connectivity index (χ3v) is 4.08. The van der Waals surface area contributed by atoms with Gasteiger partial charge in [0.1, 0.15) is 0 Å². The molecule has 10 heteroatoms. The summed E-state index contributed by atoms with van der Waals surface area (Å²) in [4.78, 5) is 16.6. The fourth-order valence-electron chi connectivity index (χ4n) is 2.76. The molecule has 0 aliphatic carbocycles. The van der Waals surface area contributed by atoms with E-state index in [1.807, 2.05) is 0 Å². The molecule has 3 rings (SSSR count). The van der Waals surface area contributed by atoms with Gasteiger partial charge in [-0.25, -0.2) is 0 Å². The molecule has 0 unspecified atom stereocenters. The number of hydrogen-bond acceptors (Lipinski definition) is 3. The van der Waals surface area contributed by atoms with Crippen molar-refractivity contribution in [2.75, 3.05) is 11.1 Å². The van der Waals surface area contributed by atoms with Crippen molar-refractivity contribution in [3.05, 3.63) is 64.8 Å². The molecule has 0 bridgehead atoms. The van der Waals surface area contributed by atoms with Crippen LogP contribution < -0.4 is 11.1 Å². The van der Waals surface area contributed by atoms with Gasteiger partial charge in [0, 0.05) is 28.0 Å². The summed E-state index contributed by atoms with van der Waals surface area (Å²) in [5, 5.41) is 2.77. The van der Waals surface area contributed by atoms with Crippen LogP contribution in [0.2, 0.25) is 0 Å². The lowest BCUT2D eigenvalue weighted by Gasteiger charge is -2.14. The van der Waals surface area contributed by atoms with Crippen LogP contribution in [-0.4, -0.2) is 10.9 Å². The van der Waals surface area contributed by atoms with Gasteiger partial charge in [0.2, 0.25) is 0 Å². The minimum absolute atomic E-state index is 0.0402. The van der Waals surface area contributed by atoms with Gasteiger partial charge in [-0.15, -0.1) is 0 Å². The minimum Gasteiger partial charge on any atom is -0.398 e. The fourth-order valence-corrected chi connectivity index (χ4v) is 2.76. The molecule has 2 aromatic carbocycles. The lowest BCUT2D eigenvalue weighted by Crippen LogP contribution is -2.17. The second-order valence-corrected chi connectivity index (χ2v) is 6.33. The third kappa shape index (κ3) is 4.41. The van der Waals surface area contributed by atoms with Crippen LogP contribution in [0.5, 0.6) is 0 Å². The van der Waals surface area contributed by atoms with Crippen molar-refractivity contribution < 1.29 is 31.1 Å². The van der Waals surface area contributed by atoms with Crippen LogP contribution in [0.4, 0.5) is 37.7 Å². The summed E-state index contributed by atoms with van der Waals surface area (Å²) in [7, 11) is 0. The molecule has 1 amide bonds. The summed E-state index contributed by atoms with van der Waals surface area (Å²) in [6.45, 7) is 1.73. The van der Waals surface area contributed by atoms with E-state index in [-0.39, 0.29) is 11.8 Å². The number of halogens is 6. The Kier molecular flexibility index (Phi) is 4.89. The molecule has 152 valence electrons. The van der Waals surface area contributed by atoms with Gasteiger partial charge in [-0.2, -0.15) is 26.3 Å². The Morgan fingerprint density at radius 2 is 1.52 bits per heavy atom. The van der Waals surface area contributed by atoms with E-state index in [0.717, 1.165) is 0 Å². The monoisotopic (exact) mass is 413 g/mol. The molecule has 0 aliphatic heterocycles. The molecule has 0 saturated carbocycles. The minimum atomic E-state index is -5.04. The summed E-state index contributed by atoms with van der Waals surface area (Å²) in [6, 6.07) is 6.67. The lowest BCUT2D eigenvalue weighted by atomic mass is 10.0. The number of alkyl halides is 6. The smallest absolute Gasteiger partial charge is 0.398 e. The van der Waals surface area contributed by atoms with E-state index in [1.54, 1.807) is 13.0 Å². The highest BCUT2D eigenvalue weighted by Gasteiger charge is 2.37. The van der Waals surface area contributed by atoms with Crippen molar-refractivity contribution in [1.82, 2.24) is 4.98 Å². The first-order valence-electron chi connectivity index (χ1n) is 8.12. The van der Waals surface area contributed by atoms with E-state index in [1.165, 1.54) is 18.2 Å². The van der Waals surface area contributed by atoms with Crippen molar-refractivity contribution >= 4 is 28.2 Å². The largest absolute Gasteiger partial charge is 0.416 e. The van der Waals surface area contributed by atoms with Crippen LogP contribution in [0, 0.1) is 6.92 Å². The third-order valence-electron chi connectivity index (χ3n) is 4.08. The quantitative estimate of drug-likeness (QED) is 0.552. The van der Waals surface area contributed by atoms with Crippen molar-refractivity contribution in [3.8, 4) is 0 Å². The van der Waals surface area contributed by atoms with E-state index < -0.39 is 35.0 Å². The molecule has 0 atom stereocenters. The Labute approximate surface area is 160 Å². The first kappa shape index (κ1) is 20.4. The highest BCUT2D eigenvalue weighted by atomic mass is 19.4. The fraction of sp³-hybridized carbons (Fsp3) is 0.158. The zero-order valence-corrected chi connectivity index (χ0v) is 14.7. The zero-order chi connectivity index (χ0) is 21.6. The normalized spacial score (nSPS) is 12.2. The molecule has 0 aliphatic rings. The number of rotatable bonds is 2. The highest BCUT2D eigenvalue weighted by Crippen LogP contribution is 2.36. The summed E-state index contributed by atoms with van der Waals surface area (Å²) in [6.07, 6.45) is -10.1. The van der Waals surface area contributed by atoms with E-state index in [2.05, 4.69) is 10.3 Å². The maximum atomic E-state index is 13.0. The molecule has 29 heavy (non-hydrogen) atoms. The number of anilines is 2. The summed E-state index contributed by atoms with van der Waals surface area (Å²) < 4.78 is 77.7. The molecular weight excluding hydrogens is 400 g/mol. The van der Waals surface area contributed by atoms with Crippen LogP contribution in [0.25, 0.3) is 10.9 Å². The number of amides is 1. The van der Waals surface area contributed by atoms with Crippen LogP contribution in [0.3, 0.4) is 0 Å². The maximum absolute atomic E-state index is 13.0. The van der Waals surface area contributed by atoms with Gasteiger partial charge in [-0.3, -0.25) is 9.78 Å². The number of carbonyl (C=O) groups is 1. The summed E-state index contributed by atoms with van der Waals surface area (Å²) in [5.41, 5.74) is 3.68. The van der Waals surface area contributed by atoms with Crippen LogP contribution in [0.15, 0.2) is 42.5 Å². The highest BCUT2D eigenvalue weighted by molar-refractivity contribution is 6.06. The lowest BCUT2D eigenvalue weighted by molar-refractivity contribution is -0.143. The van der Waals surface area contributed by atoms with E-state index in [0.29, 0.717) is 34.4 Å². The van der Waals surface area contributed by atoms with Crippen LogP contribution in [0.1, 0.15) is 27.2 Å². The molecule has 0 saturated heterocycles. The van der Waals surface area contributed by atoms with E-state index in [9.17, 15) is 31.1 Å². The number of aromatic nitrogens is 1. The Morgan fingerprint density at radius 1 is 0.931 bits per heavy atom. The second-order valence-electron chi connectivity index (χ2n) is 6.33. The predicted molar refractivity (Wildman–Crippen MR) is 95.3 cm³/mol. The Hall–Kier alpha value is -3.30. The average Bonchev–Trinajstić information content (AvgIpc) is 2.60. The first-order chi connectivity index (χ1) is 13.3. The number of nitrogens with two attached hydrogens (primary N) is 1. The van der Waals surface area contributed by atoms with Crippen molar-refractivity contribution in [2.24, 2.45) is 0 Å². The molecule has 3 N–H and O–H groups in total. The number of nitrogens with zero attached hydrogens (tertiary/aromatic N) is 1. The Morgan fingerprint density at radius 3 is 2.07 bits per heavy atom. The Balaban J connectivity index is 1.99. The standard InChI is InChI=1S/C19H13F6N3O/c1-9-4-15(26)14-8-13(2-3-16(14)27-9)28-17(29)10-5-11(18(20,21)22)7-12(6-10)19(23,24)25/h2-8H,1H3,(H2,26,27)(H,28,29). The average molecular weight is 413 g/mol. The van der Waals surface area contributed by atoms with Crippen LogP contribution in [-0.2, 0) is 12.4 Å². The number of nitrogen functional groups attached to an aromatic ring is 1. The number of pyridine rings is 1. The SMILES string of the molecule is Cc1cc(N)c2cc(NC(=O)c3cc(C(F)(F)F)cc(C(F)(F)F)c3)ccc2n1. The molecule has 1 heterocycles. The van der Waals surface area contributed by atoms with Crippen molar-refractivity contribution in [3.63, 3.8) is 0 Å². The number of nitrogens with one attached hydrogen (secondary N) is 1. The summed E-state index contributed by atoms with van der Waals surface area (Å²) in [5.74, 6) is -1.13. The van der Waals surface area contributed by atoms with E-state index >= 15 is 0 Å². The van der Waals surface area contributed by atoms with Gasteiger partial charge < -0.3 is 11.1 Å². The number of carbonyl (C=O) groups excluding carboxylic acids is 1. The van der Waals surface area contributed by atoms with Gasteiger partial charge in [0.15, 0.2) is 0 Å². The van der Waals surface area contributed by atoms with Gasteiger partial charge >= 0.3 is 12.4 Å². The van der Waals surface area contributed by atoms with Gasteiger partial charge in [-0.1, -0.05) is 0 Å². The molecule has 0 spiro atoms. The Bertz CT molecular complexity index is 1070. The number of fused-ring (bicyclic) bond motifs is 1. The summed E-state index contributed by atoms with van der Waals surface area (Å²) >= 11 is 0. The molecule has 0 fully saturated rings. The topological polar surface area (TPSA) is 68.0 Å². The molecule has 4 nitrogen and oxygen atoms in total. The number of benzene rings is 2. The van der Waals surface area contributed by atoms with Crippen LogP contribution >= 0.6 is 0 Å².